The zero-order chi connectivity index (χ0) is 12.0. The van der Waals surface area contributed by atoms with Crippen LogP contribution in [-0.2, 0) is 16.0 Å². The third-order valence-corrected chi connectivity index (χ3v) is 2.07. The van der Waals surface area contributed by atoms with E-state index in [0.717, 1.165) is 0 Å². The highest BCUT2D eigenvalue weighted by Gasteiger charge is 2.05. The van der Waals surface area contributed by atoms with Gasteiger partial charge in [-0.2, -0.15) is 0 Å². The Labute approximate surface area is 93.3 Å². The first-order valence-electron chi connectivity index (χ1n) is 4.91. The van der Waals surface area contributed by atoms with Gasteiger partial charge < -0.3 is 16.2 Å². The molecule has 0 aromatic heterocycles. The average molecular weight is 222 g/mol. The highest BCUT2D eigenvalue weighted by atomic mass is 16.3. The summed E-state index contributed by atoms with van der Waals surface area (Å²) in [7, 11) is 0. The van der Waals surface area contributed by atoms with Crippen LogP contribution in [0.5, 0.6) is 5.75 Å². The predicted molar refractivity (Wildman–Crippen MR) is 58.6 cm³/mol. The summed E-state index contributed by atoms with van der Waals surface area (Å²) in [6.07, 6.45) is 0.641. The molecule has 0 aliphatic heterocycles. The number of hydrogen-bond donors (Lipinski definition) is 3. The van der Waals surface area contributed by atoms with Crippen LogP contribution in [0.1, 0.15) is 12.0 Å². The van der Waals surface area contributed by atoms with Gasteiger partial charge in [0.1, 0.15) is 5.75 Å². The van der Waals surface area contributed by atoms with Crippen molar-refractivity contribution in [2.75, 3.05) is 6.54 Å². The van der Waals surface area contributed by atoms with E-state index in [0.29, 0.717) is 12.0 Å². The number of benzene rings is 1. The van der Waals surface area contributed by atoms with E-state index in [9.17, 15) is 14.7 Å². The van der Waals surface area contributed by atoms with Crippen molar-refractivity contribution >= 4 is 11.8 Å². The summed E-state index contributed by atoms with van der Waals surface area (Å²) in [4.78, 5) is 21.6. The third kappa shape index (κ3) is 4.00. The molecule has 0 saturated heterocycles. The van der Waals surface area contributed by atoms with E-state index < -0.39 is 5.91 Å². The first kappa shape index (κ1) is 12.0. The molecule has 1 aromatic rings. The molecule has 0 atom stereocenters. The summed E-state index contributed by atoms with van der Waals surface area (Å²) in [5, 5.41) is 11.8. The number of carbonyl (C=O) groups excluding carboxylic acids is 2. The van der Waals surface area contributed by atoms with Gasteiger partial charge in [-0.3, -0.25) is 9.59 Å². The second-order valence-corrected chi connectivity index (χ2v) is 3.37. The van der Waals surface area contributed by atoms with Crippen LogP contribution < -0.4 is 11.1 Å². The van der Waals surface area contributed by atoms with Gasteiger partial charge in [-0.25, -0.2) is 0 Å². The molecule has 5 nitrogen and oxygen atoms in total. The number of aryl methyl sites for hydroxylation is 1. The third-order valence-electron chi connectivity index (χ3n) is 2.07. The van der Waals surface area contributed by atoms with Crippen LogP contribution in [0.4, 0.5) is 0 Å². The minimum absolute atomic E-state index is 0.153. The summed E-state index contributed by atoms with van der Waals surface area (Å²) in [5.74, 6) is -0.664. The van der Waals surface area contributed by atoms with Crippen molar-refractivity contribution in [1.29, 1.82) is 0 Å². The molecule has 0 aliphatic rings. The normalized spacial score (nSPS) is 9.75. The lowest BCUT2D eigenvalue weighted by molar-refractivity contribution is -0.124. The van der Waals surface area contributed by atoms with Crippen molar-refractivity contribution in [3.63, 3.8) is 0 Å². The Morgan fingerprint density at radius 3 is 2.62 bits per heavy atom. The van der Waals surface area contributed by atoms with Gasteiger partial charge in [0.05, 0.1) is 6.54 Å². The van der Waals surface area contributed by atoms with E-state index in [1.54, 1.807) is 24.3 Å². The number of nitrogens with one attached hydrogen (secondary N) is 1. The minimum Gasteiger partial charge on any atom is -0.508 e. The molecule has 0 spiro atoms. The Hall–Kier alpha value is -2.04. The molecule has 0 aliphatic carbocycles. The molecular formula is C11H14N2O3. The highest BCUT2D eigenvalue weighted by molar-refractivity contribution is 5.83. The Morgan fingerprint density at radius 2 is 2.00 bits per heavy atom. The average Bonchev–Trinajstić information content (AvgIpc) is 2.25. The van der Waals surface area contributed by atoms with Gasteiger partial charge in [0, 0.05) is 6.42 Å². The zero-order valence-corrected chi connectivity index (χ0v) is 8.77. The van der Waals surface area contributed by atoms with Crippen molar-refractivity contribution < 1.29 is 14.7 Å². The lowest BCUT2D eigenvalue weighted by Crippen LogP contribution is -2.33. The van der Waals surface area contributed by atoms with Crippen molar-refractivity contribution in [2.45, 2.75) is 12.8 Å². The number of aromatic hydroxyl groups is 1. The number of primary amides is 1. The van der Waals surface area contributed by atoms with Gasteiger partial charge in [0.2, 0.25) is 11.8 Å². The standard InChI is InChI=1S/C11H14N2O3/c12-10(15)7-13-11(16)6-5-8-3-1-2-4-9(8)14/h1-4,14H,5-7H2,(H2,12,15)(H,13,16). The quantitative estimate of drug-likeness (QED) is 0.651. The summed E-state index contributed by atoms with van der Waals surface area (Å²) >= 11 is 0. The first-order valence-corrected chi connectivity index (χ1v) is 4.91. The SMILES string of the molecule is NC(=O)CNC(=O)CCc1ccccc1O. The maximum Gasteiger partial charge on any atom is 0.236 e. The van der Waals surface area contributed by atoms with E-state index in [4.69, 9.17) is 5.73 Å². The molecule has 0 heterocycles. The molecule has 0 unspecified atom stereocenters. The van der Waals surface area contributed by atoms with Gasteiger partial charge in [-0.05, 0) is 18.1 Å². The molecule has 1 rings (SSSR count). The number of para-hydroxylation sites is 1. The van der Waals surface area contributed by atoms with Gasteiger partial charge in [0.15, 0.2) is 0 Å². The Morgan fingerprint density at radius 1 is 1.31 bits per heavy atom. The largest absolute Gasteiger partial charge is 0.508 e. The van der Waals surface area contributed by atoms with Crippen LogP contribution in [0.3, 0.4) is 0 Å². The first-order chi connectivity index (χ1) is 7.59. The summed E-state index contributed by atoms with van der Waals surface area (Å²) in [6, 6.07) is 6.82. The molecule has 2 amide bonds. The molecule has 4 N–H and O–H groups in total. The van der Waals surface area contributed by atoms with E-state index in [2.05, 4.69) is 5.32 Å². The molecule has 0 fully saturated rings. The molecule has 0 radical (unpaired) electrons. The smallest absolute Gasteiger partial charge is 0.236 e. The molecule has 0 bridgehead atoms. The van der Waals surface area contributed by atoms with Crippen molar-refractivity contribution in [3.05, 3.63) is 29.8 Å². The lowest BCUT2D eigenvalue weighted by Gasteiger charge is -2.04. The summed E-state index contributed by atoms with van der Waals surface area (Å²) in [5.41, 5.74) is 5.58. The number of carbonyl (C=O) groups is 2. The summed E-state index contributed by atoms with van der Waals surface area (Å²) < 4.78 is 0. The van der Waals surface area contributed by atoms with E-state index in [1.807, 2.05) is 0 Å². The number of nitrogens with two attached hydrogens (primary N) is 1. The van der Waals surface area contributed by atoms with Gasteiger partial charge in [-0.1, -0.05) is 18.2 Å². The number of rotatable bonds is 5. The predicted octanol–water partition coefficient (Wildman–Crippen LogP) is -0.0737. The highest BCUT2D eigenvalue weighted by Crippen LogP contribution is 2.16. The van der Waals surface area contributed by atoms with Crippen LogP contribution in [0, 0.1) is 0 Å². The Balaban J connectivity index is 2.37. The maximum absolute atomic E-state index is 11.2. The second kappa shape index (κ2) is 5.75. The monoisotopic (exact) mass is 222 g/mol. The van der Waals surface area contributed by atoms with E-state index in [1.165, 1.54) is 0 Å². The maximum atomic E-state index is 11.2. The second-order valence-electron chi connectivity index (χ2n) is 3.37. The fourth-order valence-electron chi connectivity index (χ4n) is 1.24. The number of hydrogen-bond acceptors (Lipinski definition) is 3. The van der Waals surface area contributed by atoms with Gasteiger partial charge in [-0.15, -0.1) is 0 Å². The minimum atomic E-state index is -0.573. The van der Waals surface area contributed by atoms with E-state index >= 15 is 0 Å². The van der Waals surface area contributed by atoms with Crippen LogP contribution in [0.15, 0.2) is 24.3 Å². The Kier molecular flexibility index (Phi) is 4.32. The summed E-state index contributed by atoms with van der Waals surface area (Å²) in [6.45, 7) is -0.153. The van der Waals surface area contributed by atoms with Crippen LogP contribution in [0.2, 0.25) is 0 Å². The molecule has 0 saturated carbocycles. The molecule has 5 heteroatoms. The number of phenols is 1. The fraction of sp³-hybridized carbons (Fsp3) is 0.273. The van der Waals surface area contributed by atoms with Gasteiger partial charge >= 0.3 is 0 Å². The molecule has 86 valence electrons. The Bertz CT molecular complexity index is 391. The molecule has 1 aromatic carbocycles. The van der Waals surface area contributed by atoms with Crippen molar-refractivity contribution in [1.82, 2.24) is 5.32 Å². The van der Waals surface area contributed by atoms with Crippen LogP contribution >= 0.6 is 0 Å². The van der Waals surface area contributed by atoms with Crippen molar-refractivity contribution in [3.8, 4) is 5.75 Å². The zero-order valence-electron chi connectivity index (χ0n) is 8.77. The van der Waals surface area contributed by atoms with E-state index in [-0.39, 0.29) is 24.6 Å². The molecule has 16 heavy (non-hydrogen) atoms. The van der Waals surface area contributed by atoms with Crippen LogP contribution in [0.25, 0.3) is 0 Å². The number of amides is 2. The van der Waals surface area contributed by atoms with Crippen molar-refractivity contribution in [2.24, 2.45) is 5.73 Å². The number of phenolic OH excluding ortho intramolecular Hbond substituents is 1. The fourth-order valence-corrected chi connectivity index (χ4v) is 1.24. The van der Waals surface area contributed by atoms with Crippen LogP contribution in [-0.4, -0.2) is 23.5 Å². The van der Waals surface area contributed by atoms with Gasteiger partial charge in [0.25, 0.3) is 0 Å². The lowest BCUT2D eigenvalue weighted by atomic mass is 10.1. The molecular weight excluding hydrogens is 208 g/mol. The topological polar surface area (TPSA) is 92.4 Å².